The molecule has 3 saturated heterocycles. The predicted octanol–water partition coefficient (Wildman–Crippen LogP) is 5.42. The first-order valence-electron chi connectivity index (χ1n) is 15.3. The Kier molecular flexibility index (Phi) is 6.43. The smallest absolute Gasteiger partial charge is 0.376 e. The molecule has 14 heteroatoms. The fraction of sp³-hybridized carbons (Fsp3) is 0.600. The molecule has 2 bridgehead atoms. The number of hydrogen-bond acceptors (Lipinski definition) is 7. The lowest BCUT2D eigenvalue weighted by Crippen LogP contribution is -2.58. The highest BCUT2D eigenvalue weighted by atomic mass is 19.4. The van der Waals surface area contributed by atoms with Crippen molar-refractivity contribution in [2.75, 3.05) is 24.6 Å². The highest BCUT2D eigenvalue weighted by Gasteiger charge is 2.54. The summed E-state index contributed by atoms with van der Waals surface area (Å²) in [5, 5.41) is 8.38. The van der Waals surface area contributed by atoms with E-state index in [1.54, 1.807) is 6.33 Å². The van der Waals surface area contributed by atoms with Crippen LogP contribution < -0.4 is 4.90 Å². The molecule has 4 aromatic rings. The van der Waals surface area contributed by atoms with Crippen LogP contribution in [-0.2, 0) is 17.5 Å². The highest BCUT2D eigenvalue weighted by molar-refractivity contribution is 5.86. The van der Waals surface area contributed by atoms with Gasteiger partial charge in [-0.2, -0.15) is 18.2 Å². The third-order valence-corrected chi connectivity index (χ3v) is 10.0. The number of ether oxygens (including phenoxy) is 1. The minimum absolute atomic E-state index is 0.0243. The Morgan fingerprint density at radius 1 is 1.02 bits per heavy atom. The molecule has 0 spiro atoms. The summed E-state index contributed by atoms with van der Waals surface area (Å²) in [5.74, 6) is -1.04. The third kappa shape index (κ3) is 4.63. The summed E-state index contributed by atoms with van der Waals surface area (Å²) in [7, 11) is 0. The minimum Gasteiger partial charge on any atom is -0.376 e. The van der Waals surface area contributed by atoms with E-state index in [1.807, 2.05) is 11.3 Å². The van der Waals surface area contributed by atoms with Crippen molar-refractivity contribution in [3.63, 3.8) is 0 Å². The van der Waals surface area contributed by atoms with Crippen molar-refractivity contribution in [3.8, 4) is 0 Å². The number of benzene rings is 1. The Morgan fingerprint density at radius 3 is 2.39 bits per heavy atom. The SMILES string of the molecule is Cc1nc2c(N3CC4CCC(C3)N4C(c3ccc(C(F)(F)F)cc3)C3CC(F)(F)C3)nc3nncn3c2n1C[C@@H]1CCCO1. The van der Waals surface area contributed by atoms with Crippen molar-refractivity contribution in [1.29, 1.82) is 0 Å². The van der Waals surface area contributed by atoms with Crippen LogP contribution in [0.15, 0.2) is 30.6 Å². The van der Waals surface area contributed by atoms with Crippen molar-refractivity contribution >= 4 is 22.8 Å². The van der Waals surface area contributed by atoms with Crippen molar-refractivity contribution in [1.82, 2.24) is 34.0 Å². The maximum Gasteiger partial charge on any atom is 0.416 e. The molecule has 3 aliphatic heterocycles. The van der Waals surface area contributed by atoms with Gasteiger partial charge in [-0.15, -0.1) is 10.2 Å². The summed E-state index contributed by atoms with van der Waals surface area (Å²) < 4.78 is 78.2. The van der Waals surface area contributed by atoms with Crippen LogP contribution in [0.25, 0.3) is 16.9 Å². The van der Waals surface area contributed by atoms with Crippen LogP contribution in [0.4, 0.5) is 27.8 Å². The summed E-state index contributed by atoms with van der Waals surface area (Å²) in [6.07, 6.45) is 0.527. The molecule has 0 N–H and O–H groups in total. The van der Waals surface area contributed by atoms with Gasteiger partial charge in [-0.1, -0.05) is 12.1 Å². The van der Waals surface area contributed by atoms with Gasteiger partial charge >= 0.3 is 6.18 Å². The first-order valence-corrected chi connectivity index (χ1v) is 15.3. The number of hydrogen-bond donors (Lipinski definition) is 0. The molecule has 1 saturated carbocycles. The summed E-state index contributed by atoms with van der Waals surface area (Å²) in [4.78, 5) is 14.4. The summed E-state index contributed by atoms with van der Waals surface area (Å²) >= 11 is 0. The lowest BCUT2D eigenvalue weighted by atomic mass is 9.73. The molecule has 234 valence electrons. The van der Waals surface area contributed by atoms with Crippen LogP contribution in [0, 0.1) is 12.8 Å². The van der Waals surface area contributed by atoms with E-state index in [0.717, 1.165) is 61.4 Å². The fourth-order valence-electron chi connectivity index (χ4n) is 8.03. The number of halogens is 5. The van der Waals surface area contributed by atoms with E-state index in [0.29, 0.717) is 36.8 Å². The number of rotatable bonds is 6. The zero-order chi connectivity index (χ0) is 30.4. The predicted molar refractivity (Wildman–Crippen MR) is 151 cm³/mol. The number of piperazine rings is 1. The monoisotopic (exact) mass is 616 g/mol. The second-order valence-electron chi connectivity index (χ2n) is 12.8. The third-order valence-electron chi connectivity index (χ3n) is 10.0. The molecule has 44 heavy (non-hydrogen) atoms. The maximum atomic E-state index is 14.1. The number of aromatic nitrogens is 6. The van der Waals surface area contributed by atoms with Crippen LogP contribution in [0.2, 0.25) is 0 Å². The molecular formula is C30H33F5N8O. The van der Waals surface area contributed by atoms with Crippen LogP contribution >= 0.6 is 0 Å². The Balaban J connectivity index is 1.13. The molecule has 4 aliphatic rings. The van der Waals surface area contributed by atoms with Gasteiger partial charge in [0.25, 0.3) is 5.78 Å². The van der Waals surface area contributed by atoms with E-state index in [-0.39, 0.29) is 43.0 Å². The van der Waals surface area contributed by atoms with Gasteiger partial charge < -0.3 is 14.2 Å². The standard InChI is InChI=1S/C30H33F5N8O/c1-17-37-24-26(38-28-39-36-16-42(28)27(24)41(17)15-23-3-2-10-44-23)40-13-21-8-9-22(14-40)43(21)25(19-11-29(31,32)12-19)18-4-6-20(7-5-18)30(33,34)35/h4-7,16,19,21-23,25H,2-3,8-15H2,1H3/t21?,22?,23-,25?/m0/s1. The van der Waals surface area contributed by atoms with Crippen LogP contribution in [0.3, 0.4) is 0 Å². The first kappa shape index (κ1) is 28.1. The molecule has 4 atom stereocenters. The number of anilines is 1. The Bertz CT molecular complexity index is 1670. The number of aryl methyl sites for hydroxylation is 1. The average Bonchev–Trinajstić information content (AvgIpc) is 3.75. The first-order chi connectivity index (χ1) is 21.1. The quantitative estimate of drug-likeness (QED) is 0.268. The van der Waals surface area contributed by atoms with E-state index in [9.17, 15) is 22.0 Å². The second kappa shape index (κ2) is 10.1. The minimum atomic E-state index is -4.46. The molecule has 6 heterocycles. The van der Waals surface area contributed by atoms with Crippen molar-refractivity contribution < 1.29 is 26.7 Å². The normalized spacial score (nSPS) is 26.6. The molecule has 0 radical (unpaired) electrons. The van der Waals surface area contributed by atoms with Gasteiger partial charge in [-0.05, 0) is 56.2 Å². The lowest BCUT2D eigenvalue weighted by molar-refractivity contribution is -0.138. The van der Waals surface area contributed by atoms with E-state index in [4.69, 9.17) is 14.7 Å². The van der Waals surface area contributed by atoms with Crippen LogP contribution in [0.5, 0.6) is 0 Å². The van der Waals surface area contributed by atoms with Gasteiger partial charge in [0, 0.05) is 50.7 Å². The molecular weight excluding hydrogens is 583 g/mol. The Labute approximate surface area is 250 Å². The Hall–Kier alpha value is -3.39. The van der Waals surface area contributed by atoms with Gasteiger partial charge in [0.1, 0.15) is 17.7 Å². The van der Waals surface area contributed by atoms with Crippen LogP contribution in [0.1, 0.15) is 61.5 Å². The topological polar surface area (TPSA) is 76.6 Å². The largest absolute Gasteiger partial charge is 0.416 e. The van der Waals surface area contributed by atoms with E-state index in [2.05, 4.69) is 24.6 Å². The Morgan fingerprint density at radius 2 is 1.75 bits per heavy atom. The molecule has 8 rings (SSSR count). The van der Waals surface area contributed by atoms with Crippen molar-refractivity contribution in [2.24, 2.45) is 5.92 Å². The molecule has 3 unspecified atom stereocenters. The summed E-state index contributed by atoms with van der Waals surface area (Å²) in [6.45, 7) is 4.59. The van der Waals surface area contributed by atoms with Gasteiger partial charge in [0.2, 0.25) is 5.92 Å². The van der Waals surface area contributed by atoms with Gasteiger partial charge in [-0.3, -0.25) is 4.90 Å². The zero-order valence-electron chi connectivity index (χ0n) is 24.2. The number of nitrogens with zero attached hydrogens (tertiary/aromatic N) is 8. The number of fused-ring (bicyclic) bond motifs is 5. The van der Waals surface area contributed by atoms with Gasteiger partial charge in [0.05, 0.1) is 18.2 Å². The van der Waals surface area contributed by atoms with E-state index < -0.39 is 17.7 Å². The van der Waals surface area contributed by atoms with Gasteiger partial charge in [-0.25, -0.2) is 18.2 Å². The molecule has 3 aromatic heterocycles. The molecule has 0 amide bonds. The van der Waals surface area contributed by atoms with E-state index >= 15 is 0 Å². The molecule has 1 aromatic carbocycles. The summed E-state index contributed by atoms with van der Waals surface area (Å²) in [5.41, 5.74) is 1.54. The fourth-order valence-corrected chi connectivity index (χ4v) is 8.03. The average molecular weight is 617 g/mol. The van der Waals surface area contributed by atoms with Crippen molar-refractivity contribution in [2.45, 2.75) is 88.3 Å². The molecule has 4 fully saturated rings. The zero-order valence-corrected chi connectivity index (χ0v) is 24.2. The lowest BCUT2D eigenvalue weighted by Gasteiger charge is -2.51. The number of imidazole rings is 1. The summed E-state index contributed by atoms with van der Waals surface area (Å²) in [6, 6.07) is 4.76. The maximum absolute atomic E-state index is 14.1. The second-order valence-corrected chi connectivity index (χ2v) is 12.8. The highest BCUT2D eigenvalue weighted by Crippen LogP contribution is 2.53. The molecule has 9 nitrogen and oxygen atoms in total. The van der Waals surface area contributed by atoms with Crippen LogP contribution in [-0.4, -0.2) is 77.8 Å². The van der Waals surface area contributed by atoms with E-state index in [1.165, 1.54) is 12.1 Å². The van der Waals surface area contributed by atoms with Crippen molar-refractivity contribution in [3.05, 3.63) is 47.5 Å². The van der Waals surface area contributed by atoms with Gasteiger partial charge in [0.15, 0.2) is 11.5 Å². The number of alkyl halides is 5. The molecule has 1 aliphatic carbocycles.